The van der Waals surface area contributed by atoms with Crippen molar-refractivity contribution in [2.45, 2.75) is 44.1 Å². The van der Waals surface area contributed by atoms with E-state index in [4.69, 9.17) is 4.74 Å². The van der Waals surface area contributed by atoms with Crippen molar-refractivity contribution in [1.29, 1.82) is 0 Å². The van der Waals surface area contributed by atoms with E-state index < -0.39 is 21.5 Å². The van der Waals surface area contributed by atoms with Crippen molar-refractivity contribution in [3.8, 4) is 0 Å². The molecule has 3 N–H and O–H groups in total. The minimum atomic E-state index is -3.26. The lowest BCUT2D eigenvalue weighted by molar-refractivity contribution is 0.0527. The van der Waals surface area contributed by atoms with E-state index in [-0.39, 0.29) is 5.75 Å². The van der Waals surface area contributed by atoms with Crippen molar-refractivity contribution >= 4 is 21.9 Å². The van der Waals surface area contributed by atoms with Crippen LogP contribution in [-0.4, -0.2) is 58.5 Å². The van der Waals surface area contributed by atoms with E-state index in [0.717, 1.165) is 0 Å². The highest BCUT2D eigenvalue weighted by Gasteiger charge is 2.15. The predicted octanol–water partition coefficient (Wildman–Crippen LogP) is 1.93. The Balaban J connectivity index is 2.20. The normalized spacial score (nSPS) is 12.4. The molecule has 8 nitrogen and oxygen atoms in total. The van der Waals surface area contributed by atoms with Gasteiger partial charge in [-0.2, -0.15) is 0 Å². The Hall–Kier alpha value is -2.29. The Bertz CT molecular complexity index is 728. The Kier molecular flexibility index (Phi) is 9.78. The van der Waals surface area contributed by atoms with Gasteiger partial charge in [0.25, 0.3) is 0 Å². The molecular weight excluding hydrogens is 380 g/mol. The summed E-state index contributed by atoms with van der Waals surface area (Å²) in [6.45, 7) is 7.02. The minimum Gasteiger partial charge on any atom is -0.444 e. The van der Waals surface area contributed by atoms with E-state index in [9.17, 15) is 13.2 Å². The molecule has 0 aromatic heterocycles. The molecule has 28 heavy (non-hydrogen) atoms. The topological polar surface area (TPSA) is 109 Å². The van der Waals surface area contributed by atoms with E-state index in [1.165, 1.54) is 0 Å². The van der Waals surface area contributed by atoms with Gasteiger partial charge in [0.15, 0.2) is 15.8 Å². The number of benzene rings is 1. The van der Waals surface area contributed by atoms with Crippen LogP contribution in [0.5, 0.6) is 0 Å². The van der Waals surface area contributed by atoms with Crippen LogP contribution in [0.15, 0.2) is 40.2 Å². The summed E-state index contributed by atoms with van der Waals surface area (Å²) in [5.41, 5.74) is -0.512. The second-order valence-electron chi connectivity index (χ2n) is 7.19. The smallest absolute Gasteiger partial charge is 0.407 e. The number of carbonyl (C=O) groups is 1. The zero-order valence-corrected chi connectivity index (χ0v) is 17.9. The van der Waals surface area contributed by atoms with E-state index >= 15 is 0 Å². The summed E-state index contributed by atoms with van der Waals surface area (Å²) in [5.74, 6) is 0.662. The molecule has 0 unspecified atom stereocenters. The Morgan fingerprint density at radius 2 is 1.57 bits per heavy atom. The van der Waals surface area contributed by atoms with E-state index in [0.29, 0.717) is 43.3 Å². The van der Waals surface area contributed by atoms with Crippen LogP contribution < -0.4 is 16.0 Å². The first-order valence-electron chi connectivity index (χ1n) is 9.33. The molecule has 1 aromatic rings. The van der Waals surface area contributed by atoms with Gasteiger partial charge < -0.3 is 20.7 Å². The minimum absolute atomic E-state index is 0.0703. The summed E-state index contributed by atoms with van der Waals surface area (Å²) in [6, 6.07) is 8.44. The van der Waals surface area contributed by atoms with Gasteiger partial charge in [-0.1, -0.05) is 18.2 Å². The summed E-state index contributed by atoms with van der Waals surface area (Å²) < 4.78 is 29.6. The molecule has 0 aliphatic carbocycles. The molecule has 0 aliphatic heterocycles. The van der Waals surface area contributed by atoms with Crippen LogP contribution in [0, 0.1) is 0 Å². The van der Waals surface area contributed by atoms with Crippen molar-refractivity contribution in [3.63, 3.8) is 0 Å². The Morgan fingerprint density at radius 3 is 2.14 bits per heavy atom. The van der Waals surface area contributed by atoms with Crippen LogP contribution in [0.25, 0.3) is 0 Å². The Morgan fingerprint density at radius 1 is 1.00 bits per heavy atom. The fourth-order valence-electron chi connectivity index (χ4n) is 2.24. The summed E-state index contributed by atoms with van der Waals surface area (Å²) in [4.78, 5) is 16.0. The maximum absolute atomic E-state index is 12.2. The maximum atomic E-state index is 12.2. The lowest BCUT2D eigenvalue weighted by Gasteiger charge is -2.19. The van der Waals surface area contributed by atoms with Gasteiger partial charge >= 0.3 is 6.09 Å². The van der Waals surface area contributed by atoms with Crippen molar-refractivity contribution in [2.75, 3.05) is 32.4 Å². The number of aliphatic imine (C=N–C) groups is 1. The third-order valence-electron chi connectivity index (χ3n) is 3.52. The van der Waals surface area contributed by atoms with Crippen LogP contribution in [0.2, 0.25) is 0 Å². The number of nitrogens with one attached hydrogen (secondary N) is 3. The third kappa shape index (κ3) is 10.1. The summed E-state index contributed by atoms with van der Waals surface area (Å²) in [5, 5.41) is 8.89. The number of carbonyl (C=O) groups excluding carboxylic acids is 1. The SMILES string of the molecule is CN=C(NCCCNC(=O)OC(C)(C)C)NCCCS(=O)(=O)c1ccccc1. The molecular formula is C19H32N4O4S. The number of guanidine groups is 1. The van der Waals surface area contributed by atoms with Gasteiger partial charge in [-0.25, -0.2) is 13.2 Å². The second-order valence-corrected chi connectivity index (χ2v) is 9.30. The quantitative estimate of drug-likeness (QED) is 0.325. The molecule has 0 aliphatic rings. The number of rotatable bonds is 9. The number of hydrogen-bond donors (Lipinski definition) is 3. The molecule has 1 aromatic carbocycles. The predicted molar refractivity (Wildman–Crippen MR) is 111 cm³/mol. The van der Waals surface area contributed by atoms with Gasteiger partial charge in [0, 0.05) is 26.7 Å². The molecule has 158 valence electrons. The first-order chi connectivity index (χ1) is 13.1. The van der Waals surface area contributed by atoms with Gasteiger partial charge in [0.1, 0.15) is 5.60 Å². The largest absolute Gasteiger partial charge is 0.444 e. The van der Waals surface area contributed by atoms with Crippen LogP contribution in [0.1, 0.15) is 33.6 Å². The lowest BCUT2D eigenvalue weighted by atomic mass is 10.2. The number of amides is 1. The van der Waals surface area contributed by atoms with Gasteiger partial charge in [0.05, 0.1) is 10.6 Å². The zero-order chi connectivity index (χ0) is 21.0. The van der Waals surface area contributed by atoms with Crippen molar-refractivity contribution in [2.24, 2.45) is 4.99 Å². The van der Waals surface area contributed by atoms with E-state index in [2.05, 4.69) is 20.9 Å². The second kappa shape index (κ2) is 11.5. The number of alkyl carbamates (subject to hydrolysis) is 1. The molecule has 0 spiro atoms. The van der Waals surface area contributed by atoms with Crippen molar-refractivity contribution < 1.29 is 17.9 Å². The maximum Gasteiger partial charge on any atom is 0.407 e. The van der Waals surface area contributed by atoms with E-state index in [1.807, 2.05) is 20.8 Å². The summed E-state index contributed by atoms with van der Waals surface area (Å²) in [6.07, 6.45) is 0.732. The molecule has 9 heteroatoms. The third-order valence-corrected chi connectivity index (χ3v) is 5.34. The van der Waals surface area contributed by atoms with Gasteiger partial charge in [0.2, 0.25) is 0 Å². The highest BCUT2D eigenvalue weighted by Crippen LogP contribution is 2.10. The van der Waals surface area contributed by atoms with E-state index in [1.54, 1.807) is 37.4 Å². The number of nitrogens with zero attached hydrogens (tertiary/aromatic N) is 1. The first-order valence-corrected chi connectivity index (χ1v) is 11.0. The molecule has 0 atom stereocenters. The van der Waals surface area contributed by atoms with Crippen LogP contribution in [0.3, 0.4) is 0 Å². The van der Waals surface area contributed by atoms with Crippen LogP contribution in [-0.2, 0) is 14.6 Å². The van der Waals surface area contributed by atoms with Crippen LogP contribution >= 0.6 is 0 Å². The van der Waals surface area contributed by atoms with Crippen molar-refractivity contribution in [3.05, 3.63) is 30.3 Å². The fourth-order valence-corrected chi connectivity index (χ4v) is 3.57. The standard InChI is InChI=1S/C19H32N4O4S/c1-19(2,3)27-18(24)23-13-8-12-21-17(20-4)22-14-9-15-28(25,26)16-10-6-5-7-11-16/h5-7,10-11H,8-9,12-15H2,1-4H3,(H,23,24)(H2,20,21,22). The average molecular weight is 413 g/mol. The average Bonchev–Trinajstić information content (AvgIpc) is 2.62. The molecule has 0 saturated carbocycles. The number of hydrogen-bond acceptors (Lipinski definition) is 5. The van der Waals surface area contributed by atoms with Crippen LogP contribution in [0.4, 0.5) is 4.79 Å². The summed E-state index contributed by atoms with van der Waals surface area (Å²) >= 11 is 0. The highest BCUT2D eigenvalue weighted by molar-refractivity contribution is 7.91. The molecule has 0 saturated heterocycles. The number of sulfone groups is 1. The molecule has 0 heterocycles. The Labute approximate surface area is 168 Å². The molecule has 1 amide bonds. The van der Waals surface area contributed by atoms with Gasteiger partial charge in [-0.3, -0.25) is 4.99 Å². The van der Waals surface area contributed by atoms with Gasteiger partial charge in [-0.15, -0.1) is 0 Å². The number of ether oxygens (including phenoxy) is 1. The molecule has 1 rings (SSSR count). The molecule has 0 radical (unpaired) electrons. The summed E-state index contributed by atoms with van der Waals surface area (Å²) in [7, 11) is -1.62. The first kappa shape index (κ1) is 23.7. The zero-order valence-electron chi connectivity index (χ0n) is 17.1. The van der Waals surface area contributed by atoms with Gasteiger partial charge in [-0.05, 0) is 45.7 Å². The van der Waals surface area contributed by atoms with Crippen molar-refractivity contribution in [1.82, 2.24) is 16.0 Å². The molecule has 0 bridgehead atoms. The monoisotopic (exact) mass is 412 g/mol. The molecule has 0 fully saturated rings. The lowest BCUT2D eigenvalue weighted by Crippen LogP contribution is -2.40. The fraction of sp³-hybridized carbons (Fsp3) is 0.579. The highest BCUT2D eigenvalue weighted by atomic mass is 32.2.